The van der Waals surface area contributed by atoms with Gasteiger partial charge in [-0.2, -0.15) is 9.37 Å². The van der Waals surface area contributed by atoms with Crippen LogP contribution in [0.4, 0.5) is 17.5 Å². The Kier molecular flexibility index (Phi) is 9.07. The number of esters is 2. The molecule has 1 aliphatic heterocycles. The first-order chi connectivity index (χ1) is 20.7. The SMILES string of the molecule is COC(=O)c1cc(NC(=S)/N=C(/Nc2nc(C)cc(C)n2)N2CCN(c3nsc4ccccc34)CC2)cc(C(=O)OC)c1. The number of carbonyl (C=O) groups excluding carboxylic acids is 2. The summed E-state index contributed by atoms with van der Waals surface area (Å²) in [5.74, 6) is 0.621. The van der Waals surface area contributed by atoms with Crippen molar-refractivity contribution in [1.82, 2.24) is 19.2 Å². The summed E-state index contributed by atoms with van der Waals surface area (Å²) in [6.07, 6.45) is 0. The van der Waals surface area contributed by atoms with Gasteiger partial charge in [-0.15, -0.1) is 0 Å². The van der Waals surface area contributed by atoms with E-state index >= 15 is 0 Å². The smallest absolute Gasteiger partial charge is 0.337 e. The number of anilines is 3. The molecule has 2 aromatic carbocycles. The van der Waals surface area contributed by atoms with E-state index in [-0.39, 0.29) is 16.2 Å². The lowest BCUT2D eigenvalue weighted by Gasteiger charge is -2.36. The van der Waals surface area contributed by atoms with Crippen molar-refractivity contribution in [2.75, 3.05) is 55.9 Å². The fourth-order valence-electron chi connectivity index (χ4n) is 4.71. The Hall–Kier alpha value is -4.69. The van der Waals surface area contributed by atoms with Gasteiger partial charge in [0.05, 0.1) is 30.0 Å². The van der Waals surface area contributed by atoms with Crippen LogP contribution in [0.1, 0.15) is 32.1 Å². The van der Waals surface area contributed by atoms with Crippen LogP contribution in [-0.4, -0.2) is 82.7 Å². The summed E-state index contributed by atoms with van der Waals surface area (Å²) < 4.78 is 15.5. The molecule has 1 aliphatic rings. The second-order valence-electron chi connectivity index (χ2n) is 9.72. The first-order valence-corrected chi connectivity index (χ1v) is 14.6. The number of aryl methyl sites for hydroxylation is 2. The average Bonchev–Trinajstić information content (AvgIpc) is 3.43. The summed E-state index contributed by atoms with van der Waals surface area (Å²) in [6, 6.07) is 14.5. The maximum atomic E-state index is 12.2. The Morgan fingerprint density at radius 3 is 2.16 bits per heavy atom. The summed E-state index contributed by atoms with van der Waals surface area (Å²) >= 11 is 7.10. The molecule has 1 fully saturated rings. The van der Waals surface area contributed by atoms with Gasteiger partial charge in [-0.25, -0.2) is 19.6 Å². The molecular weight excluding hydrogens is 589 g/mol. The summed E-state index contributed by atoms with van der Waals surface area (Å²) in [7, 11) is 2.53. The monoisotopic (exact) mass is 618 g/mol. The van der Waals surface area contributed by atoms with Crippen molar-refractivity contribution in [3.8, 4) is 0 Å². The molecule has 43 heavy (non-hydrogen) atoms. The molecule has 0 unspecified atom stereocenters. The summed E-state index contributed by atoms with van der Waals surface area (Å²) in [6.45, 7) is 6.49. The Bertz CT molecular complexity index is 1660. The third-order valence-corrected chi connectivity index (χ3v) is 7.69. The first-order valence-electron chi connectivity index (χ1n) is 13.4. The van der Waals surface area contributed by atoms with Gasteiger partial charge in [0.15, 0.2) is 0 Å². The van der Waals surface area contributed by atoms with E-state index in [9.17, 15) is 9.59 Å². The van der Waals surface area contributed by atoms with Gasteiger partial charge >= 0.3 is 11.9 Å². The number of carbonyl (C=O) groups is 2. The summed E-state index contributed by atoms with van der Waals surface area (Å²) in [5, 5.41) is 7.50. The van der Waals surface area contributed by atoms with E-state index < -0.39 is 11.9 Å². The number of nitrogens with one attached hydrogen (secondary N) is 2. The molecule has 5 rings (SSSR count). The van der Waals surface area contributed by atoms with Crippen molar-refractivity contribution >= 4 is 74.3 Å². The van der Waals surface area contributed by atoms with Crippen molar-refractivity contribution in [3.05, 3.63) is 71.0 Å². The predicted molar refractivity (Wildman–Crippen MR) is 171 cm³/mol. The lowest BCUT2D eigenvalue weighted by Crippen LogP contribution is -2.51. The number of piperazine rings is 1. The van der Waals surface area contributed by atoms with Crippen molar-refractivity contribution in [2.24, 2.45) is 4.99 Å². The van der Waals surface area contributed by atoms with Crippen LogP contribution < -0.4 is 15.5 Å². The molecule has 3 heterocycles. The molecule has 0 aliphatic carbocycles. The number of ether oxygens (including phenoxy) is 2. The van der Waals surface area contributed by atoms with Crippen LogP contribution >= 0.6 is 23.8 Å². The van der Waals surface area contributed by atoms with Crippen LogP contribution in [0, 0.1) is 13.8 Å². The van der Waals surface area contributed by atoms with Gasteiger partial charge in [0, 0.05) is 48.6 Å². The molecule has 222 valence electrons. The standard InChI is InChI=1S/C29H30N8O4S2/c1-17-13-18(2)31-27(30-17)33-28(37-11-9-36(10-12-37)24-22-7-5-6-8-23(22)43-35-24)34-29(42)32-21-15-19(25(38)40-3)14-20(16-21)26(39)41-4/h5-8,13-16H,9-12H2,1-4H3,(H2,30,31,32,33,34,42). The molecule has 2 N–H and O–H groups in total. The largest absolute Gasteiger partial charge is 0.465 e. The number of thiocarbonyl (C=S) groups is 1. The molecule has 12 nitrogen and oxygen atoms in total. The first kappa shape index (κ1) is 29.8. The zero-order chi connectivity index (χ0) is 30.5. The predicted octanol–water partition coefficient (Wildman–Crippen LogP) is 4.26. The fraction of sp³-hybridized carbons (Fsp3) is 0.276. The minimum absolute atomic E-state index is 0.0950. The number of methoxy groups -OCH3 is 2. The maximum absolute atomic E-state index is 12.2. The number of hydrogen-bond acceptors (Lipinski definition) is 10. The number of guanidine groups is 1. The molecule has 2 aromatic heterocycles. The number of benzene rings is 2. The molecule has 0 bridgehead atoms. The minimum atomic E-state index is -0.608. The van der Waals surface area contributed by atoms with Gasteiger partial charge < -0.3 is 24.6 Å². The minimum Gasteiger partial charge on any atom is -0.465 e. The van der Waals surface area contributed by atoms with Gasteiger partial charge in [-0.3, -0.25) is 5.32 Å². The number of hydrogen-bond donors (Lipinski definition) is 2. The van der Waals surface area contributed by atoms with Crippen molar-refractivity contribution < 1.29 is 19.1 Å². The maximum Gasteiger partial charge on any atom is 0.337 e. The second-order valence-corrected chi connectivity index (χ2v) is 10.9. The highest BCUT2D eigenvalue weighted by molar-refractivity contribution is 7.80. The average molecular weight is 619 g/mol. The molecule has 4 aromatic rings. The third-order valence-electron chi connectivity index (χ3n) is 6.68. The number of nitrogens with zero attached hydrogens (tertiary/aromatic N) is 6. The molecule has 0 atom stereocenters. The van der Waals surface area contributed by atoms with Crippen LogP contribution in [0.25, 0.3) is 10.1 Å². The van der Waals surface area contributed by atoms with Crippen LogP contribution in [0.5, 0.6) is 0 Å². The molecule has 0 radical (unpaired) electrons. The van der Waals surface area contributed by atoms with Crippen molar-refractivity contribution in [1.29, 1.82) is 0 Å². The van der Waals surface area contributed by atoms with E-state index in [1.54, 1.807) is 0 Å². The summed E-state index contributed by atoms with van der Waals surface area (Å²) in [5.41, 5.74) is 2.31. The highest BCUT2D eigenvalue weighted by Gasteiger charge is 2.24. The van der Waals surface area contributed by atoms with Gasteiger partial charge in [-0.05, 0) is 74.0 Å². The van der Waals surface area contributed by atoms with Gasteiger partial charge in [0.1, 0.15) is 5.82 Å². The highest BCUT2D eigenvalue weighted by Crippen LogP contribution is 2.30. The van der Waals surface area contributed by atoms with Crippen LogP contribution in [0.2, 0.25) is 0 Å². The van der Waals surface area contributed by atoms with Crippen molar-refractivity contribution in [2.45, 2.75) is 13.8 Å². The lowest BCUT2D eigenvalue weighted by molar-refractivity contribution is 0.0599. The van der Waals surface area contributed by atoms with Crippen LogP contribution in [0.15, 0.2) is 53.5 Å². The van der Waals surface area contributed by atoms with E-state index in [1.165, 1.54) is 44.0 Å². The van der Waals surface area contributed by atoms with Gasteiger partial charge in [-0.1, -0.05) is 12.1 Å². The van der Waals surface area contributed by atoms with Crippen molar-refractivity contribution in [3.63, 3.8) is 0 Å². The number of rotatable bonds is 5. The number of fused-ring (bicyclic) bond motifs is 1. The number of aromatic nitrogens is 3. The fourth-order valence-corrected chi connectivity index (χ4v) is 5.71. The third kappa shape index (κ3) is 7.04. The zero-order valence-corrected chi connectivity index (χ0v) is 25.7. The van der Waals surface area contributed by atoms with E-state index in [4.69, 9.17) is 26.1 Å². The van der Waals surface area contributed by atoms with Crippen LogP contribution in [-0.2, 0) is 9.47 Å². The molecule has 0 saturated carbocycles. The Labute approximate surface area is 257 Å². The molecule has 14 heteroatoms. The quantitative estimate of drug-likeness (QED) is 0.143. The van der Waals surface area contributed by atoms with E-state index in [0.717, 1.165) is 27.3 Å². The Morgan fingerprint density at radius 1 is 0.907 bits per heavy atom. The van der Waals surface area contributed by atoms with E-state index in [2.05, 4.69) is 47.5 Å². The molecule has 0 amide bonds. The van der Waals surface area contributed by atoms with E-state index in [1.807, 2.05) is 32.0 Å². The Morgan fingerprint density at radius 2 is 1.53 bits per heavy atom. The summed E-state index contributed by atoms with van der Waals surface area (Å²) in [4.78, 5) is 42.5. The van der Waals surface area contributed by atoms with Gasteiger partial charge in [0.25, 0.3) is 0 Å². The topological polar surface area (TPSA) is 134 Å². The zero-order valence-electron chi connectivity index (χ0n) is 24.1. The molecule has 0 spiro atoms. The lowest BCUT2D eigenvalue weighted by atomic mass is 10.1. The normalized spacial score (nSPS) is 13.5. The second kappa shape index (κ2) is 13.1. The van der Waals surface area contributed by atoms with E-state index in [0.29, 0.717) is 43.8 Å². The van der Waals surface area contributed by atoms with Gasteiger partial charge in [0.2, 0.25) is 17.0 Å². The molecule has 1 saturated heterocycles. The van der Waals surface area contributed by atoms with Crippen LogP contribution in [0.3, 0.4) is 0 Å². The molecular formula is C29H30N8O4S2. The number of aliphatic imine (C=N–C) groups is 1. The Balaban J connectivity index is 1.40. The highest BCUT2D eigenvalue weighted by atomic mass is 32.1.